The minimum atomic E-state index is -3.35. The first-order chi connectivity index (χ1) is 6.83. The van der Waals surface area contributed by atoms with Gasteiger partial charge in [-0.05, 0) is 32.0 Å². The Hall–Kier alpha value is -0.260. The molecule has 1 aromatic carbocycles. The second kappa shape index (κ2) is 4.72. The third-order valence-electron chi connectivity index (χ3n) is 1.80. The third-order valence-corrected chi connectivity index (χ3v) is 4.37. The molecule has 0 aromatic heterocycles. The summed E-state index contributed by atoms with van der Waals surface area (Å²) in [5, 5.41) is -0.116. The van der Waals surface area contributed by atoms with E-state index in [1.54, 1.807) is 32.0 Å². The van der Waals surface area contributed by atoms with E-state index in [2.05, 4.69) is 20.7 Å². The minimum Gasteiger partial charge on any atom is -0.282 e. The second-order valence-electron chi connectivity index (χ2n) is 3.32. The lowest BCUT2D eigenvalue weighted by atomic mass is 10.3. The van der Waals surface area contributed by atoms with E-state index in [-0.39, 0.29) is 0 Å². The molecule has 15 heavy (non-hydrogen) atoms. The second-order valence-corrected chi connectivity index (χ2v) is 6.88. The fourth-order valence-corrected chi connectivity index (χ4v) is 2.14. The van der Waals surface area contributed by atoms with Crippen LogP contribution in [0.25, 0.3) is 0 Å². The zero-order chi connectivity index (χ0) is 11.6. The van der Waals surface area contributed by atoms with Gasteiger partial charge in [0, 0.05) is 4.47 Å². The summed E-state index contributed by atoms with van der Waals surface area (Å²) in [6, 6.07) is 5.00. The number of rotatable bonds is 3. The highest BCUT2D eigenvalue weighted by Gasteiger charge is 2.16. The van der Waals surface area contributed by atoms with Crippen LogP contribution in [-0.2, 0) is 10.0 Å². The van der Waals surface area contributed by atoms with E-state index in [1.807, 2.05) is 0 Å². The lowest BCUT2D eigenvalue weighted by Gasteiger charge is -2.12. The van der Waals surface area contributed by atoms with Crippen molar-refractivity contribution in [3.05, 3.63) is 27.7 Å². The van der Waals surface area contributed by atoms with Gasteiger partial charge >= 0.3 is 0 Å². The molecule has 0 saturated heterocycles. The van der Waals surface area contributed by atoms with Gasteiger partial charge in [-0.25, -0.2) is 8.42 Å². The van der Waals surface area contributed by atoms with Gasteiger partial charge in [-0.2, -0.15) is 0 Å². The normalized spacial score (nSPS) is 11.8. The molecule has 0 bridgehead atoms. The van der Waals surface area contributed by atoms with Gasteiger partial charge in [0.25, 0.3) is 0 Å². The van der Waals surface area contributed by atoms with Crippen molar-refractivity contribution in [1.29, 1.82) is 0 Å². The number of benzene rings is 1. The maximum absolute atomic E-state index is 11.6. The summed E-state index contributed by atoms with van der Waals surface area (Å²) in [7, 11) is -3.35. The van der Waals surface area contributed by atoms with Crippen molar-refractivity contribution in [1.82, 2.24) is 0 Å². The standard InChI is InChI=1S/C9H11BrClNO2S/c1-6(2)15(13,14)12-9-5-7(10)3-4-8(9)11/h3-6,12H,1-2H3. The maximum Gasteiger partial charge on any atom is 0.235 e. The Balaban J connectivity index is 3.05. The number of hydrogen-bond acceptors (Lipinski definition) is 2. The van der Waals surface area contributed by atoms with Crippen molar-refractivity contribution >= 4 is 43.2 Å². The van der Waals surface area contributed by atoms with Crippen LogP contribution in [0.5, 0.6) is 0 Å². The maximum atomic E-state index is 11.6. The van der Waals surface area contributed by atoms with Crippen molar-refractivity contribution in [3.8, 4) is 0 Å². The number of halogens is 2. The molecule has 0 amide bonds. The fraction of sp³-hybridized carbons (Fsp3) is 0.333. The van der Waals surface area contributed by atoms with Gasteiger partial charge in [-0.15, -0.1) is 0 Å². The first kappa shape index (κ1) is 12.8. The predicted octanol–water partition coefficient (Wildman–Crippen LogP) is 3.25. The van der Waals surface area contributed by atoms with E-state index in [0.717, 1.165) is 4.47 Å². The van der Waals surface area contributed by atoms with Crippen LogP contribution in [0.4, 0.5) is 5.69 Å². The highest BCUT2D eigenvalue weighted by Crippen LogP contribution is 2.27. The summed E-state index contributed by atoms with van der Waals surface area (Å²) in [5.41, 5.74) is 0.389. The third kappa shape index (κ3) is 3.36. The van der Waals surface area contributed by atoms with Crippen LogP contribution in [0.1, 0.15) is 13.8 Å². The van der Waals surface area contributed by atoms with Crippen LogP contribution in [-0.4, -0.2) is 13.7 Å². The van der Waals surface area contributed by atoms with E-state index < -0.39 is 15.3 Å². The summed E-state index contributed by atoms with van der Waals surface area (Å²) in [4.78, 5) is 0. The smallest absolute Gasteiger partial charge is 0.235 e. The van der Waals surface area contributed by atoms with Crippen LogP contribution >= 0.6 is 27.5 Å². The molecule has 1 aromatic rings. The van der Waals surface area contributed by atoms with Gasteiger partial charge in [0.2, 0.25) is 10.0 Å². The molecule has 3 nitrogen and oxygen atoms in total. The molecule has 0 aliphatic carbocycles. The van der Waals surface area contributed by atoms with Crippen molar-refractivity contribution in [2.75, 3.05) is 4.72 Å². The zero-order valence-corrected chi connectivity index (χ0v) is 11.4. The van der Waals surface area contributed by atoms with E-state index in [0.29, 0.717) is 10.7 Å². The molecular formula is C9H11BrClNO2S. The van der Waals surface area contributed by atoms with Crippen LogP contribution in [0.15, 0.2) is 22.7 Å². The first-order valence-electron chi connectivity index (χ1n) is 4.29. The quantitative estimate of drug-likeness (QED) is 0.931. The van der Waals surface area contributed by atoms with Crippen LogP contribution < -0.4 is 4.72 Å². The lowest BCUT2D eigenvalue weighted by Crippen LogP contribution is -2.22. The Morgan fingerprint density at radius 3 is 2.53 bits per heavy atom. The highest BCUT2D eigenvalue weighted by atomic mass is 79.9. The molecule has 0 spiro atoms. The SMILES string of the molecule is CC(C)S(=O)(=O)Nc1cc(Br)ccc1Cl. The summed E-state index contributed by atoms with van der Waals surface area (Å²) in [5.74, 6) is 0. The summed E-state index contributed by atoms with van der Waals surface area (Å²) in [6.45, 7) is 3.21. The van der Waals surface area contributed by atoms with Crippen LogP contribution in [0.2, 0.25) is 5.02 Å². The van der Waals surface area contributed by atoms with Crippen molar-refractivity contribution in [2.24, 2.45) is 0 Å². The van der Waals surface area contributed by atoms with Gasteiger partial charge in [-0.1, -0.05) is 27.5 Å². The van der Waals surface area contributed by atoms with Crippen molar-refractivity contribution in [3.63, 3.8) is 0 Å². The van der Waals surface area contributed by atoms with Gasteiger partial charge in [0.1, 0.15) is 0 Å². The van der Waals surface area contributed by atoms with Gasteiger partial charge in [0.05, 0.1) is 16.0 Å². The molecule has 0 radical (unpaired) electrons. The molecule has 0 heterocycles. The molecule has 0 unspecified atom stereocenters. The van der Waals surface area contributed by atoms with E-state index in [4.69, 9.17) is 11.6 Å². The van der Waals surface area contributed by atoms with Crippen LogP contribution in [0, 0.1) is 0 Å². The Labute approximate surface area is 103 Å². The zero-order valence-electron chi connectivity index (χ0n) is 8.29. The number of nitrogens with one attached hydrogen (secondary N) is 1. The fourth-order valence-electron chi connectivity index (χ4n) is 0.847. The molecule has 0 aliphatic heterocycles. The van der Waals surface area contributed by atoms with Crippen molar-refractivity contribution < 1.29 is 8.42 Å². The topological polar surface area (TPSA) is 46.2 Å². The lowest BCUT2D eigenvalue weighted by molar-refractivity contribution is 0.593. The number of hydrogen-bond donors (Lipinski definition) is 1. The predicted molar refractivity (Wildman–Crippen MR) is 66.8 cm³/mol. The largest absolute Gasteiger partial charge is 0.282 e. The Bertz CT molecular complexity index is 459. The van der Waals surface area contributed by atoms with E-state index >= 15 is 0 Å². The first-order valence-corrected chi connectivity index (χ1v) is 7.01. The highest BCUT2D eigenvalue weighted by molar-refractivity contribution is 9.10. The molecule has 1 rings (SSSR count). The summed E-state index contributed by atoms with van der Waals surface area (Å²) < 4.78 is 26.4. The molecular weight excluding hydrogens is 302 g/mol. The average molecular weight is 313 g/mol. The molecule has 0 saturated carbocycles. The Morgan fingerprint density at radius 2 is 2.00 bits per heavy atom. The molecule has 0 aliphatic rings. The average Bonchev–Trinajstić information content (AvgIpc) is 2.10. The van der Waals surface area contributed by atoms with Gasteiger partial charge in [0.15, 0.2) is 0 Å². The molecule has 0 fully saturated rings. The summed E-state index contributed by atoms with van der Waals surface area (Å²) >= 11 is 9.11. The number of anilines is 1. The molecule has 84 valence electrons. The summed E-state index contributed by atoms with van der Waals surface area (Å²) in [6.07, 6.45) is 0. The van der Waals surface area contributed by atoms with Gasteiger partial charge < -0.3 is 0 Å². The number of sulfonamides is 1. The molecule has 0 atom stereocenters. The molecule has 6 heteroatoms. The molecule has 1 N–H and O–H groups in total. The van der Waals surface area contributed by atoms with Crippen molar-refractivity contribution in [2.45, 2.75) is 19.1 Å². The van der Waals surface area contributed by atoms with Gasteiger partial charge in [-0.3, -0.25) is 4.72 Å². The van der Waals surface area contributed by atoms with E-state index in [1.165, 1.54) is 0 Å². The van der Waals surface area contributed by atoms with E-state index in [9.17, 15) is 8.42 Å². The Morgan fingerprint density at radius 1 is 1.40 bits per heavy atom. The van der Waals surface area contributed by atoms with Crippen LogP contribution in [0.3, 0.4) is 0 Å². The minimum absolute atomic E-state index is 0.377. The Kier molecular flexibility index (Phi) is 4.03. The monoisotopic (exact) mass is 311 g/mol.